The lowest BCUT2D eigenvalue weighted by atomic mass is 9.81. The number of fused-ring (bicyclic) bond motifs is 1. The van der Waals surface area contributed by atoms with Crippen molar-refractivity contribution in [3.63, 3.8) is 0 Å². The number of anilines is 2. The van der Waals surface area contributed by atoms with Gasteiger partial charge in [-0.15, -0.1) is 0 Å². The number of nitrogens with one attached hydrogen (secondary N) is 2. The highest BCUT2D eigenvalue weighted by Crippen LogP contribution is 2.38. The first-order valence-electron chi connectivity index (χ1n) is 10.9. The number of likely N-dealkylation sites (tertiary alicyclic amines) is 1. The van der Waals surface area contributed by atoms with E-state index in [1.54, 1.807) is 0 Å². The number of hydrogen-bond acceptors (Lipinski definition) is 4. The van der Waals surface area contributed by atoms with Gasteiger partial charge in [-0.1, -0.05) is 25.0 Å². The monoisotopic (exact) mass is 473 g/mol. The Kier molecular flexibility index (Phi) is 6.41. The van der Waals surface area contributed by atoms with Crippen LogP contribution in [-0.2, 0) is 20.6 Å². The molecule has 0 radical (unpaired) electrons. The van der Waals surface area contributed by atoms with Crippen LogP contribution >= 0.6 is 0 Å². The highest BCUT2D eigenvalue weighted by Gasteiger charge is 2.48. The number of amides is 4. The molecule has 7 nitrogen and oxygen atoms in total. The third-order valence-corrected chi connectivity index (χ3v) is 6.09. The quantitative estimate of drug-likeness (QED) is 0.640. The van der Waals surface area contributed by atoms with Crippen molar-refractivity contribution in [2.24, 2.45) is 11.8 Å². The summed E-state index contributed by atoms with van der Waals surface area (Å²) in [6.45, 7) is -0.411. The van der Waals surface area contributed by atoms with E-state index in [-0.39, 0.29) is 40.6 Å². The molecule has 1 heterocycles. The Bertz CT molecular complexity index is 1120. The van der Waals surface area contributed by atoms with Gasteiger partial charge < -0.3 is 10.6 Å². The summed E-state index contributed by atoms with van der Waals surface area (Å²) in [4.78, 5) is 51.1. The summed E-state index contributed by atoms with van der Waals surface area (Å²) in [6.07, 6.45) is -1.47. The normalized spacial score (nSPS) is 20.1. The summed E-state index contributed by atoms with van der Waals surface area (Å²) in [6, 6.07) is 10.1. The Morgan fingerprint density at radius 1 is 0.882 bits per heavy atom. The van der Waals surface area contributed by atoms with Gasteiger partial charge in [-0.3, -0.25) is 24.1 Å². The molecule has 2 aliphatic rings. The molecule has 4 rings (SSSR count). The Morgan fingerprint density at radius 2 is 1.47 bits per heavy atom. The Morgan fingerprint density at radius 3 is 2.09 bits per heavy atom. The minimum atomic E-state index is -4.54. The SMILES string of the molecule is O=C(CN1C(=O)[C@H]2CCCC[C@H]2C1=O)Nc1cccc(C(=O)Nc2cccc(C(F)(F)F)c2)c1. The molecule has 1 saturated carbocycles. The van der Waals surface area contributed by atoms with Gasteiger partial charge in [0, 0.05) is 16.9 Å². The highest BCUT2D eigenvalue weighted by molar-refractivity contribution is 6.09. The number of rotatable bonds is 5. The fourth-order valence-corrected chi connectivity index (χ4v) is 4.45. The maximum absolute atomic E-state index is 12.9. The molecule has 2 aromatic rings. The van der Waals surface area contributed by atoms with E-state index in [0.717, 1.165) is 29.9 Å². The second kappa shape index (κ2) is 9.28. The molecule has 0 unspecified atom stereocenters. The fourth-order valence-electron chi connectivity index (χ4n) is 4.45. The summed E-state index contributed by atoms with van der Waals surface area (Å²) in [5.74, 6) is -2.59. The van der Waals surface area contributed by atoms with E-state index in [4.69, 9.17) is 0 Å². The maximum atomic E-state index is 12.9. The van der Waals surface area contributed by atoms with Gasteiger partial charge in [0.2, 0.25) is 17.7 Å². The molecular formula is C24H22F3N3O4. The average Bonchev–Trinajstić information content (AvgIpc) is 3.04. The number of nitrogens with zero attached hydrogens (tertiary/aromatic N) is 1. The van der Waals surface area contributed by atoms with Gasteiger partial charge in [-0.2, -0.15) is 13.2 Å². The number of hydrogen-bond donors (Lipinski definition) is 2. The summed E-state index contributed by atoms with van der Waals surface area (Å²) < 4.78 is 38.7. The van der Waals surface area contributed by atoms with E-state index >= 15 is 0 Å². The summed E-state index contributed by atoms with van der Waals surface area (Å²) in [5, 5.41) is 4.97. The van der Waals surface area contributed by atoms with Crippen molar-refractivity contribution in [2.75, 3.05) is 17.2 Å². The standard InChI is InChI=1S/C24H22F3N3O4/c25-24(26,27)15-6-4-8-17(12-15)29-21(32)14-5-3-7-16(11-14)28-20(31)13-30-22(33)18-9-1-2-10-19(18)23(30)34/h3-8,11-12,18-19H,1-2,9-10,13H2,(H,28,31)(H,29,32)/t18-,19+. The first-order chi connectivity index (χ1) is 16.1. The number of halogens is 3. The Balaban J connectivity index is 1.40. The number of imide groups is 1. The summed E-state index contributed by atoms with van der Waals surface area (Å²) in [7, 11) is 0. The smallest absolute Gasteiger partial charge is 0.325 e. The molecule has 0 bridgehead atoms. The largest absolute Gasteiger partial charge is 0.416 e. The molecule has 2 fully saturated rings. The molecule has 2 aromatic carbocycles. The molecule has 0 aromatic heterocycles. The van der Waals surface area contributed by atoms with Crippen LogP contribution < -0.4 is 10.6 Å². The molecule has 178 valence electrons. The second-order valence-electron chi connectivity index (χ2n) is 8.42. The zero-order valence-electron chi connectivity index (χ0n) is 18.0. The van der Waals surface area contributed by atoms with Crippen molar-refractivity contribution in [3.8, 4) is 0 Å². The van der Waals surface area contributed by atoms with Crippen LogP contribution in [0.5, 0.6) is 0 Å². The topological polar surface area (TPSA) is 95.6 Å². The maximum Gasteiger partial charge on any atom is 0.416 e. The zero-order valence-corrected chi connectivity index (χ0v) is 18.0. The van der Waals surface area contributed by atoms with Crippen molar-refractivity contribution in [1.29, 1.82) is 0 Å². The molecule has 2 N–H and O–H groups in total. The minimum absolute atomic E-state index is 0.0261. The summed E-state index contributed by atoms with van der Waals surface area (Å²) >= 11 is 0. The molecule has 1 saturated heterocycles. The molecular weight excluding hydrogens is 451 g/mol. The van der Waals surface area contributed by atoms with E-state index in [1.807, 2.05) is 0 Å². The van der Waals surface area contributed by atoms with Crippen LogP contribution in [0, 0.1) is 11.8 Å². The predicted octanol–water partition coefficient (Wildman–Crippen LogP) is 4.07. The minimum Gasteiger partial charge on any atom is -0.325 e. The van der Waals surface area contributed by atoms with Gasteiger partial charge >= 0.3 is 6.18 Å². The van der Waals surface area contributed by atoms with Crippen molar-refractivity contribution in [1.82, 2.24) is 4.90 Å². The second-order valence-corrected chi connectivity index (χ2v) is 8.42. The van der Waals surface area contributed by atoms with Crippen LogP contribution in [0.15, 0.2) is 48.5 Å². The lowest BCUT2D eigenvalue weighted by molar-refractivity contribution is -0.142. The first-order valence-corrected chi connectivity index (χ1v) is 10.9. The average molecular weight is 473 g/mol. The molecule has 2 atom stereocenters. The zero-order chi connectivity index (χ0) is 24.5. The number of alkyl halides is 3. The molecule has 10 heteroatoms. The first kappa shape index (κ1) is 23.5. The van der Waals surface area contributed by atoms with Crippen LogP contribution in [-0.4, -0.2) is 35.1 Å². The molecule has 0 spiro atoms. The lowest BCUT2D eigenvalue weighted by Crippen LogP contribution is -2.38. The summed E-state index contributed by atoms with van der Waals surface area (Å²) in [5.41, 5.74) is -0.563. The Hall–Kier alpha value is -3.69. The molecule has 1 aliphatic heterocycles. The molecule has 4 amide bonds. The van der Waals surface area contributed by atoms with Gasteiger partial charge in [0.1, 0.15) is 6.54 Å². The van der Waals surface area contributed by atoms with Gasteiger partial charge in [0.05, 0.1) is 17.4 Å². The van der Waals surface area contributed by atoms with E-state index in [1.165, 1.54) is 36.4 Å². The fraction of sp³-hybridized carbons (Fsp3) is 0.333. The van der Waals surface area contributed by atoms with E-state index < -0.39 is 30.1 Å². The van der Waals surface area contributed by atoms with Gasteiger partial charge in [0.25, 0.3) is 5.91 Å². The van der Waals surface area contributed by atoms with Gasteiger partial charge in [0.15, 0.2) is 0 Å². The van der Waals surface area contributed by atoms with Crippen LogP contribution in [0.4, 0.5) is 24.5 Å². The van der Waals surface area contributed by atoms with Gasteiger partial charge in [-0.05, 0) is 49.2 Å². The van der Waals surface area contributed by atoms with Crippen molar-refractivity contribution in [2.45, 2.75) is 31.9 Å². The predicted molar refractivity (Wildman–Crippen MR) is 117 cm³/mol. The van der Waals surface area contributed by atoms with E-state index in [9.17, 15) is 32.3 Å². The Labute approximate surface area is 193 Å². The number of carbonyl (C=O) groups excluding carboxylic acids is 4. The molecule has 1 aliphatic carbocycles. The van der Waals surface area contributed by atoms with E-state index in [0.29, 0.717) is 12.8 Å². The highest BCUT2D eigenvalue weighted by atomic mass is 19.4. The third kappa shape index (κ3) is 4.95. The number of benzene rings is 2. The van der Waals surface area contributed by atoms with Crippen molar-refractivity contribution in [3.05, 3.63) is 59.7 Å². The van der Waals surface area contributed by atoms with Crippen LogP contribution in [0.25, 0.3) is 0 Å². The van der Waals surface area contributed by atoms with Crippen LogP contribution in [0.2, 0.25) is 0 Å². The van der Waals surface area contributed by atoms with Gasteiger partial charge in [-0.25, -0.2) is 0 Å². The van der Waals surface area contributed by atoms with E-state index in [2.05, 4.69) is 10.6 Å². The van der Waals surface area contributed by atoms with Crippen LogP contribution in [0.3, 0.4) is 0 Å². The van der Waals surface area contributed by atoms with Crippen molar-refractivity contribution < 1.29 is 32.3 Å². The molecule has 34 heavy (non-hydrogen) atoms. The third-order valence-electron chi connectivity index (χ3n) is 6.09. The van der Waals surface area contributed by atoms with Crippen molar-refractivity contribution >= 4 is 35.0 Å². The number of carbonyl (C=O) groups is 4. The lowest BCUT2D eigenvalue weighted by Gasteiger charge is -2.19. The van der Waals surface area contributed by atoms with Crippen LogP contribution in [0.1, 0.15) is 41.6 Å².